The fourth-order valence-electron chi connectivity index (χ4n) is 1.26. The Hall–Kier alpha value is -1.06. The van der Waals surface area contributed by atoms with E-state index >= 15 is 0 Å². The van der Waals surface area contributed by atoms with Gasteiger partial charge in [0.1, 0.15) is 12.4 Å². The summed E-state index contributed by atoms with van der Waals surface area (Å²) >= 11 is 0. The largest absolute Gasteiger partial charge is 0.491 e. The lowest BCUT2D eigenvalue weighted by Gasteiger charge is -2.16. The van der Waals surface area contributed by atoms with Gasteiger partial charge in [-0.2, -0.15) is 0 Å². The molecule has 0 heterocycles. The number of rotatable bonds is 5. The molecule has 2 N–H and O–H groups in total. The first-order valence-electron chi connectivity index (χ1n) is 5.15. The van der Waals surface area contributed by atoms with E-state index in [1.807, 2.05) is 38.1 Å². The quantitative estimate of drug-likeness (QED) is 0.807. The molecule has 0 saturated heterocycles. The number of nitrogens with two attached hydrogens (primary N) is 1. The molecule has 0 bridgehead atoms. The summed E-state index contributed by atoms with van der Waals surface area (Å²) in [5.41, 5.74) is 6.87. The number of para-hydroxylation sites is 1. The minimum absolute atomic E-state index is 0.0148. The van der Waals surface area contributed by atoms with Crippen molar-refractivity contribution in [3.05, 3.63) is 29.8 Å². The van der Waals surface area contributed by atoms with Crippen molar-refractivity contribution in [2.24, 2.45) is 5.73 Å². The summed E-state index contributed by atoms with van der Waals surface area (Å²) in [5.74, 6) is 0.844. The van der Waals surface area contributed by atoms with E-state index in [1.54, 1.807) is 7.11 Å². The molecule has 0 amide bonds. The fourth-order valence-corrected chi connectivity index (χ4v) is 1.26. The molecule has 1 aromatic rings. The Kier molecular flexibility index (Phi) is 4.59. The highest BCUT2D eigenvalue weighted by Crippen LogP contribution is 2.23. The van der Waals surface area contributed by atoms with Crippen LogP contribution in [0.15, 0.2) is 24.3 Å². The molecule has 2 atom stereocenters. The van der Waals surface area contributed by atoms with Crippen LogP contribution in [0, 0.1) is 0 Å². The van der Waals surface area contributed by atoms with E-state index in [1.165, 1.54) is 0 Å². The van der Waals surface area contributed by atoms with E-state index < -0.39 is 0 Å². The van der Waals surface area contributed by atoms with Crippen molar-refractivity contribution in [1.82, 2.24) is 0 Å². The Balaban J connectivity index is 2.67. The van der Waals surface area contributed by atoms with Crippen molar-refractivity contribution < 1.29 is 9.47 Å². The lowest BCUT2D eigenvalue weighted by molar-refractivity contribution is 0.0712. The van der Waals surface area contributed by atoms with Crippen molar-refractivity contribution in [3.63, 3.8) is 0 Å². The minimum atomic E-state index is -0.0148. The Morgan fingerprint density at radius 2 is 1.93 bits per heavy atom. The Morgan fingerprint density at radius 3 is 2.53 bits per heavy atom. The van der Waals surface area contributed by atoms with Crippen molar-refractivity contribution in [3.8, 4) is 5.75 Å². The first-order chi connectivity index (χ1) is 7.15. The second kappa shape index (κ2) is 5.73. The number of hydrogen-bond donors (Lipinski definition) is 1. The molecule has 1 rings (SSSR count). The maximum absolute atomic E-state index is 5.84. The number of ether oxygens (including phenoxy) is 2. The molecule has 3 nitrogen and oxygen atoms in total. The predicted octanol–water partition coefficient (Wildman–Crippen LogP) is 2.12. The third-order valence-electron chi connectivity index (χ3n) is 2.29. The lowest BCUT2D eigenvalue weighted by atomic mass is 10.1. The van der Waals surface area contributed by atoms with E-state index in [-0.39, 0.29) is 12.1 Å². The lowest BCUT2D eigenvalue weighted by Crippen LogP contribution is -2.17. The molecule has 0 aliphatic rings. The molecule has 0 fully saturated rings. The maximum atomic E-state index is 5.84. The predicted molar refractivity (Wildman–Crippen MR) is 61.0 cm³/mol. The van der Waals surface area contributed by atoms with Gasteiger partial charge in [0.05, 0.1) is 6.10 Å². The van der Waals surface area contributed by atoms with Gasteiger partial charge in [-0.15, -0.1) is 0 Å². The summed E-state index contributed by atoms with van der Waals surface area (Å²) in [5, 5.41) is 0. The van der Waals surface area contributed by atoms with Crippen LogP contribution in [-0.4, -0.2) is 19.8 Å². The molecular weight excluding hydrogens is 190 g/mol. The van der Waals surface area contributed by atoms with Crippen molar-refractivity contribution >= 4 is 0 Å². The third kappa shape index (κ3) is 3.53. The second-order valence-corrected chi connectivity index (χ2v) is 3.68. The average molecular weight is 209 g/mol. The van der Waals surface area contributed by atoms with Gasteiger partial charge < -0.3 is 15.2 Å². The van der Waals surface area contributed by atoms with Gasteiger partial charge in [-0.3, -0.25) is 0 Å². The van der Waals surface area contributed by atoms with Gasteiger partial charge in [-0.1, -0.05) is 18.2 Å². The summed E-state index contributed by atoms with van der Waals surface area (Å²) < 4.78 is 10.8. The summed E-state index contributed by atoms with van der Waals surface area (Å²) in [6.45, 7) is 4.46. The van der Waals surface area contributed by atoms with Crippen LogP contribution in [0.1, 0.15) is 25.5 Å². The normalized spacial score (nSPS) is 14.7. The van der Waals surface area contributed by atoms with Gasteiger partial charge in [-0.25, -0.2) is 0 Å². The highest BCUT2D eigenvalue weighted by atomic mass is 16.5. The monoisotopic (exact) mass is 209 g/mol. The zero-order chi connectivity index (χ0) is 11.3. The van der Waals surface area contributed by atoms with E-state index in [9.17, 15) is 0 Å². The Bertz CT molecular complexity index is 299. The molecule has 0 spiro atoms. The topological polar surface area (TPSA) is 44.5 Å². The Labute approximate surface area is 91.2 Å². The van der Waals surface area contributed by atoms with Crippen LogP contribution in [0.5, 0.6) is 5.75 Å². The maximum Gasteiger partial charge on any atom is 0.124 e. The zero-order valence-electron chi connectivity index (χ0n) is 9.57. The summed E-state index contributed by atoms with van der Waals surface area (Å²) in [4.78, 5) is 0. The highest BCUT2D eigenvalue weighted by molar-refractivity contribution is 5.35. The molecule has 2 unspecified atom stereocenters. The summed E-state index contributed by atoms with van der Waals surface area (Å²) in [6, 6.07) is 7.81. The second-order valence-electron chi connectivity index (χ2n) is 3.68. The van der Waals surface area contributed by atoms with Gasteiger partial charge in [0.15, 0.2) is 0 Å². The van der Waals surface area contributed by atoms with Gasteiger partial charge in [-0.05, 0) is 19.9 Å². The van der Waals surface area contributed by atoms with Crippen LogP contribution < -0.4 is 10.5 Å². The standard InChI is InChI=1S/C12H19NO2/c1-9(14-3)8-15-12-7-5-4-6-11(12)10(2)13/h4-7,9-10H,8,13H2,1-3H3. The van der Waals surface area contributed by atoms with Crippen LogP contribution in [0.4, 0.5) is 0 Å². The van der Waals surface area contributed by atoms with Crippen molar-refractivity contribution in [2.75, 3.05) is 13.7 Å². The highest BCUT2D eigenvalue weighted by Gasteiger charge is 2.08. The molecule has 0 aliphatic carbocycles. The van der Waals surface area contributed by atoms with Crippen molar-refractivity contribution in [2.45, 2.75) is 26.0 Å². The zero-order valence-corrected chi connectivity index (χ0v) is 9.57. The fraction of sp³-hybridized carbons (Fsp3) is 0.500. The molecule has 1 aromatic carbocycles. The van der Waals surface area contributed by atoms with Crippen LogP contribution in [0.25, 0.3) is 0 Å². The van der Waals surface area contributed by atoms with Gasteiger partial charge in [0.2, 0.25) is 0 Å². The molecule has 0 saturated carbocycles. The molecule has 15 heavy (non-hydrogen) atoms. The molecular formula is C12H19NO2. The van der Waals surface area contributed by atoms with E-state index in [0.29, 0.717) is 6.61 Å². The van der Waals surface area contributed by atoms with Gasteiger partial charge in [0, 0.05) is 18.7 Å². The number of hydrogen-bond acceptors (Lipinski definition) is 3. The molecule has 84 valence electrons. The minimum Gasteiger partial charge on any atom is -0.491 e. The van der Waals surface area contributed by atoms with Crippen LogP contribution in [0.2, 0.25) is 0 Å². The SMILES string of the molecule is COC(C)COc1ccccc1C(C)N. The van der Waals surface area contributed by atoms with Crippen LogP contribution >= 0.6 is 0 Å². The van der Waals surface area contributed by atoms with E-state index in [2.05, 4.69) is 0 Å². The van der Waals surface area contributed by atoms with Crippen LogP contribution in [0.3, 0.4) is 0 Å². The van der Waals surface area contributed by atoms with E-state index in [4.69, 9.17) is 15.2 Å². The van der Waals surface area contributed by atoms with Gasteiger partial charge >= 0.3 is 0 Å². The molecule has 0 aliphatic heterocycles. The van der Waals surface area contributed by atoms with Crippen LogP contribution in [-0.2, 0) is 4.74 Å². The smallest absolute Gasteiger partial charge is 0.124 e. The molecule has 0 radical (unpaired) electrons. The Morgan fingerprint density at radius 1 is 1.27 bits per heavy atom. The van der Waals surface area contributed by atoms with Crippen molar-refractivity contribution in [1.29, 1.82) is 0 Å². The first-order valence-corrected chi connectivity index (χ1v) is 5.15. The molecule has 3 heteroatoms. The van der Waals surface area contributed by atoms with Gasteiger partial charge in [0.25, 0.3) is 0 Å². The molecule has 0 aromatic heterocycles. The third-order valence-corrected chi connectivity index (χ3v) is 2.29. The van der Waals surface area contributed by atoms with E-state index in [0.717, 1.165) is 11.3 Å². The average Bonchev–Trinajstić information content (AvgIpc) is 2.26. The summed E-state index contributed by atoms with van der Waals surface area (Å²) in [7, 11) is 1.67. The number of benzene rings is 1. The number of methoxy groups -OCH3 is 1. The summed E-state index contributed by atoms with van der Waals surface area (Å²) in [6.07, 6.45) is 0.0890. The first kappa shape index (κ1) is 12.0.